The molecule has 0 fully saturated rings. The van der Waals surface area contributed by atoms with E-state index in [9.17, 15) is 14.7 Å². The van der Waals surface area contributed by atoms with Crippen LogP contribution in [0.4, 0.5) is 5.69 Å². The summed E-state index contributed by atoms with van der Waals surface area (Å²) < 4.78 is 0. The third-order valence-corrected chi connectivity index (χ3v) is 5.38. The molecule has 0 unspecified atom stereocenters. The fourth-order valence-corrected chi connectivity index (χ4v) is 3.87. The molecule has 1 heterocycles. The third-order valence-electron chi connectivity index (χ3n) is 5.38. The summed E-state index contributed by atoms with van der Waals surface area (Å²) in [5, 5.41) is 12.3. The second kappa shape index (κ2) is 9.02. The summed E-state index contributed by atoms with van der Waals surface area (Å²) in [6.45, 7) is 5.05. The Bertz CT molecular complexity index is 853. The van der Waals surface area contributed by atoms with Crippen LogP contribution in [-0.4, -0.2) is 23.5 Å². The van der Waals surface area contributed by atoms with Crippen LogP contribution in [0, 0.1) is 13.8 Å². The minimum atomic E-state index is -0.0113. The molecule has 5 nitrogen and oxygen atoms in total. The van der Waals surface area contributed by atoms with Gasteiger partial charge in [-0.1, -0.05) is 30.3 Å². The molecule has 2 aromatic carbocycles. The molecule has 0 aliphatic carbocycles. The predicted octanol–water partition coefficient (Wildman–Crippen LogP) is 3.17. The number of para-hydroxylation sites is 1. The third kappa shape index (κ3) is 4.60. The Morgan fingerprint density at radius 3 is 2.57 bits per heavy atom. The van der Waals surface area contributed by atoms with E-state index in [4.69, 9.17) is 0 Å². The molecule has 0 atom stereocenters. The quantitative estimate of drug-likeness (QED) is 0.775. The van der Waals surface area contributed by atoms with Crippen LogP contribution < -0.4 is 10.2 Å². The van der Waals surface area contributed by atoms with Crippen molar-refractivity contribution < 1.29 is 14.7 Å². The fourth-order valence-electron chi connectivity index (χ4n) is 3.87. The zero-order valence-corrected chi connectivity index (χ0v) is 16.6. The van der Waals surface area contributed by atoms with E-state index >= 15 is 0 Å². The van der Waals surface area contributed by atoms with Gasteiger partial charge in [0.1, 0.15) is 0 Å². The van der Waals surface area contributed by atoms with Gasteiger partial charge in [-0.15, -0.1) is 0 Å². The van der Waals surface area contributed by atoms with Crippen LogP contribution in [0.5, 0.6) is 0 Å². The van der Waals surface area contributed by atoms with E-state index in [0.717, 1.165) is 34.4 Å². The number of hydrogen-bond acceptors (Lipinski definition) is 3. The first-order valence-corrected chi connectivity index (χ1v) is 9.84. The number of nitrogens with one attached hydrogen (secondary N) is 1. The first kappa shape index (κ1) is 20.1. The van der Waals surface area contributed by atoms with Crippen LogP contribution in [0.2, 0.25) is 0 Å². The molecule has 2 amide bonds. The zero-order valence-electron chi connectivity index (χ0n) is 16.6. The molecule has 0 bridgehead atoms. The highest BCUT2D eigenvalue weighted by Crippen LogP contribution is 2.27. The van der Waals surface area contributed by atoms with Crippen molar-refractivity contribution in [2.75, 3.05) is 11.4 Å². The first-order chi connectivity index (χ1) is 13.5. The standard InChI is InChI=1S/C23H28N2O3/c1-16-12-18(15-26)13-17(2)20(16)14-24-22(27)8-5-11-25-21-7-4-3-6-19(21)9-10-23(25)28/h3-4,6-7,12-13,26H,5,8-11,14-15H2,1-2H3,(H,24,27). The molecule has 0 radical (unpaired) electrons. The second-order valence-corrected chi connectivity index (χ2v) is 7.42. The van der Waals surface area contributed by atoms with E-state index < -0.39 is 0 Å². The predicted molar refractivity (Wildman–Crippen MR) is 110 cm³/mol. The summed E-state index contributed by atoms with van der Waals surface area (Å²) in [4.78, 5) is 26.4. The average Bonchev–Trinajstić information content (AvgIpc) is 2.68. The molecule has 1 aliphatic rings. The maximum Gasteiger partial charge on any atom is 0.227 e. The maximum atomic E-state index is 12.3. The highest BCUT2D eigenvalue weighted by Gasteiger charge is 2.23. The van der Waals surface area contributed by atoms with Crippen molar-refractivity contribution in [1.82, 2.24) is 5.32 Å². The number of aliphatic hydroxyl groups excluding tert-OH is 1. The smallest absolute Gasteiger partial charge is 0.227 e. The molecule has 148 valence electrons. The normalized spacial score (nSPS) is 13.4. The van der Waals surface area contributed by atoms with Gasteiger partial charge >= 0.3 is 0 Å². The largest absolute Gasteiger partial charge is 0.392 e. The number of fused-ring (bicyclic) bond motifs is 1. The molecular formula is C23H28N2O3. The minimum absolute atomic E-state index is 0.0113. The van der Waals surface area contributed by atoms with Gasteiger partial charge in [0.15, 0.2) is 0 Å². The van der Waals surface area contributed by atoms with Gasteiger partial charge < -0.3 is 15.3 Å². The Hall–Kier alpha value is -2.66. The Morgan fingerprint density at radius 2 is 1.86 bits per heavy atom. The molecule has 3 rings (SSSR count). The van der Waals surface area contributed by atoms with Crippen LogP contribution in [-0.2, 0) is 29.2 Å². The molecule has 5 heteroatoms. The topological polar surface area (TPSA) is 69.6 Å². The average molecular weight is 380 g/mol. The van der Waals surface area contributed by atoms with Crippen molar-refractivity contribution in [1.29, 1.82) is 0 Å². The molecule has 0 saturated carbocycles. The molecule has 0 aromatic heterocycles. The van der Waals surface area contributed by atoms with Crippen LogP contribution >= 0.6 is 0 Å². The van der Waals surface area contributed by atoms with E-state index in [0.29, 0.717) is 32.4 Å². The summed E-state index contributed by atoms with van der Waals surface area (Å²) in [5.74, 6) is 0.122. The fraction of sp³-hybridized carbons (Fsp3) is 0.391. The molecular weight excluding hydrogens is 352 g/mol. The number of nitrogens with zero attached hydrogens (tertiary/aromatic N) is 1. The van der Waals surface area contributed by atoms with Crippen molar-refractivity contribution in [3.8, 4) is 0 Å². The van der Waals surface area contributed by atoms with Crippen LogP contribution in [0.25, 0.3) is 0 Å². The number of carbonyl (C=O) groups is 2. The van der Waals surface area contributed by atoms with Crippen molar-refractivity contribution in [2.45, 2.75) is 52.7 Å². The Kier molecular flexibility index (Phi) is 6.47. The Morgan fingerprint density at radius 1 is 1.14 bits per heavy atom. The SMILES string of the molecule is Cc1cc(CO)cc(C)c1CNC(=O)CCCN1C(=O)CCc2ccccc21. The lowest BCUT2D eigenvalue weighted by Crippen LogP contribution is -2.36. The number of aliphatic hydroxyl groups is 1. The summed E-state index contributed by atoms with van der Waals surface area (Å²) >= 11 is 0. The van der Waals surface area contributed by atoms with E-state index in [-0.39, 0.29) is 18.4 Å². The van der Waals surface area contributed by atoms with Crippen LogP contribution in [0.15, 0.2) is 36.4 Å². The lowest BCUT2D eigenvalue weighted by Gasteiger charge is -2.29. The number of benzene rings is 2. The Labute approximate surface area is 166 Å². The van der Waals surface area contributed by atoms with E-state index in [2.05, 4.69) is 11.4 Å². The molecule has 0 spiro atoms. The number of aryl methyl sites for hydroxylation is 3. The zero-order chi connectivity index (χ0) is 20.1. The van der Waals surface area contributed by atoms with E-state index in [1.165, 1.54) is 5.56 Å². The molecule has 1 aliphatic heterocycles. The summed E-state index contributed by atoms with van der Waals surface area (Å²) in [6, 6.07) is 11.9. The Balaban J connectivity index is 1.51. The summed E-state index contributed by atoms with van der Waals surface area (Å²) in [5.41, 5.74) is 6.29. The first-order valence-electron chi connectivity index (χ1n) is 9.84. The minimum Gasteiger partial charge on any atom is -0.392 e. The van der Waals surface area contributed by atoms with Gasteiger partial charge in [0.05, 0.1) is 6.61 Å². The van der Waals surface area contributed by atoms with Gasteiger partial charge in [-0.25, -0.2) is 0 Å². The van der Waals surface area contributed by atoms with E-state index in [1.807, 2.05) is 49.1 Å². The van der Waals surface area contributed by atoms with Crippen molar-refractivity contribution in [3.63, 3.8) is 0 Å². The maximum absolute atomic E-state index is 12.3. The van der Waals surface area contributed by atoms with Gasteiger partial charge in [-0.3, -0.25) is 9.59 Å². The van der Waals surface area contributed by atoms with Gasteiger partial charge in [-0.05, 0) is 60.6 Å². The second-order valence-electron chi connectivity index (χ2n) is 7.42. The molecule has 28 heavy (non-hydrogen) atoms. The van der Waals surface area contributed by atoms with Crippen molar-refractivity contribution in [2.24, 2.45) is 0 Å². The van der Waals surface area contributed by atoms with Gasteiger partial charge in [0.25, 0.3) is 0 Å². The highest BCUT2D eigenvalue weighted by molar-refractivity contribution is 5.96. The van der Waals surface area contributed by atoms with Crippen molar-refractivity contribution >= 4 is 17.5 Å². The lowest BCUT2D eigenvalue weighted by molar-refractivity contribution is -0.122. The number of rotatable bonds is 7. The van der Waals surface area contributed by atoms with Gasteiger partial charge in [0, 0.05) is 31.6 Å². The summed E-state index contributed by atoms with van der Waals surface area (Å²) in [7, 11) is 0. The number of anilines is 1. The number of carbonyl (C=O) groups excluding carboxylic acids is 2. The summed E-state index contributed by atoms with van der Waals surface area (Å²) in [6.07, 6.45) is 2.34. The molecule has 2 N–H and O–H groups in total. The molecule has 0 saturated heterocycles. The highest BCUT2D eigenvalue weighted by atomic mass is 16.3. The van der Waals surface area contributed by atoms with Crippen LogP contribution in [0.1, 0.15) is 47.1 Å². The van der Waals surface area contributed by atoms with Crippen molar-refractivity contribution in [3.05, 3.63) is 64.2 Å². The van der Waals surface area contributed by atoms with Gasteiger partial charge in [0.2, 0.25) is 11.8 Å². The van der Waals surface area contributed by atoms with Gasteiger partial charge in [-0.2, -0.15) is 0 Å². The van der Waals surface area contributed by atoms with Crippen LogP contribution in [0.3, 0.4) is 0 Å². The van der Waals surface area contributed by atoms with E-state index in [1.54, 1.807) is 0 Å². The number of amides is 2. The lowest BCUT2D eigenvalue weighted by atomic mass is 9.99. The number of hydrogen-bond donors (Lipinski definition) is 2. The molecule has 2 aromatic rings. The monoisotopic (exact) mass is 380 g/mol.